The molecule has 4 nitrogen and oxygen atoms in total. The van der Waals surface area contributed by atoms with Crippen molar-refractivity contribution in [1.82, 2.24) is 4.90 Å². The summed E-state index contributed by atoms with van der Waals surface area (Å²) in [7, 11) is 0. The largest absolute Gasteiger partial charge is 0.550 e. The van der Waals surface area contributed by atoms with Gasteiger partial charge in [0.05, 0.1) is 5.25 Å². The van der Waals surface area contributed by atoms with E-state index in [0.29, 0.717) is 17.3 Å². The lowest BCUT2D eigenvalue weighted by molar-refractivity contribution is -0.305. The first-order chi connectivity index (χ1) is 7.52. The molecule has 0 aliphatic carbocycles. The molecule has 6 heteroatoms. The summed E-state index contributed by atoms with van der Waals surface area (Å²) in [5, 5.41) is 10.1. The minimum Gasteiger partial charge on any atom is -0.550 e. The summed E-state index contributed by atoms with van der Waals surface area (Å²) in [5.74, 6) is -0.952. The van der Waals surface area contributed by atoms with Gasteiger partial charge in [-0.1, -0.05) is 30.4 Å². The van der Waals surface area contributed by atoms with Crippen LogP contribution >= 0.6 is 24.0 Å². The second kappa shape index (κ2) is 6.20. The van der Waals surface area contributed by atoms with Crippen molar-refractivity contribution in [3.8, 4) is 0 Å². The lowest BCUT2D eigenvalue weighted by Gasteiger charge is -2.14. The molecular formula is C10H14NO3S2-. The Hall–Kier alpha value is -0.620. The molecule has 0 spiro atoms. The van der Waals surface area contributed by atoms with Gasteiger partial charge in [0.25, 0.3) is 0 Å². The molecule has 1 rings (SSSR count). The van der Waals surface area contributed by atoms with Gasteiger partial charge in [-0.2, -0.15) is 0 Å². The molecule has 1 saturated heterocycles. The second-order valence-electron chi connectivity index (χ2n) is 3.70. The van der Waals surface area contributed by atoms with Crippen LogP contribution in [-0.4, -0.2) is 32.9 Å². The van der Waals surface area contributed by atoms with Crippen molar-refractivity contribution in [2.75, 3.05) is 6.54 Å². The molecule has 0 bridgehead atoms. The van der Waals surface area contributed by atoms with Crippen molar-refractivity contribution < 1.29 is 14.7 Å². The molecule has 0 aromatic heterocycles. The molecule has 16 heavy (non-hydrogen) atoms. The van der Waals surface area contributed by atoms with Gasteiger partial charge in [0, 0.05) is 12.5 Å². The molecule has 1 heterocycles. The molecule has 1 fully saturated rings. The van der Waals surface area contributed by atoms with Crippen molar-refractivity contribution >= 4 is 40.2 Å². The highest BCUT2D eigenvalue weighted by Gasteiger charge is 2.32. The average Bonchev–Trinajstić information content (AvgIpc) is 2.43. The molecule has 1 atom stereocenters. The number of rotatable bonds is 6. The molecule has 0 aromatic carbocycles. The van der Waals surface area contributed by atoms with E-state index in [2.05, 4.69) is 0 Å². The quantitative estimate of drug-likeness (QED) is 0.515. The number of thiocarbonyl (C=S) groups is 1. The lowest BCUT2D eigenvalue weighted by atomic mass is 10.2. The van der Waals surface area contributed by atoms with Gasteiger partial charge in [-0.25, -0.2) is 0 Å². The topological polar surface area (TPSA) is 60.4 Å². The van der Waals surface area contributed by atoms with Crippen LogP contribution in [0, 0.1) is 0 Å². The monoisotopic (exact) mass is 260 g/mol. The molecule has 1 aliphatic rings. The Morgan fingerprint density at radius 1 is 1.50 bits per heavy atom. The average molecular weight is 260 g/mol. The van der Waals surface area contributed by atoms with Crippen molar-refractivity contribution in [2.24, 2.45) is 0 Å². The van der Waals surface area contributed by atoms with E-state index in [1.807, 2.05) is 6.92 Å². The van der Waals surface area contributed by atoms with E-state index in [9.17, 15) is 14.7 Å². The maximum atomic E-state index is 11.6. The smallest absolute Gasteiger partial charge is 0.241 e. The Morgan fingerprint density at radius 2 is 2.19 bits per heavy atom. The fraction of sp³-hybridized carbons (Fsp3) is 0.700. The summed E-state index contributed by atoms with van der Waals surface area (Å²) in [6.07, 6.45) is 2.25. The van der Waals surface area contributed by atoms with Gasteiger partial charge < -0.3 is 9.90 Å². The molecule has 0 radical (unpaired) electrons. The zero-order valence-corrected chi connectivity index (χ0v) is 10.7. The van der Waals surface area contributed by atoms with Crippen LogP contribution in [0.25, 0.3) is 0 Å². The molecule has 90 valence electrons. The number of hydrogen-bond donors (Lipinski definition) is 0. The number of nitrogens with zero attached hydrogens (tertiary/aromatic N) is 1. The minimum absolute atomic E-state index is 0.0647. The summed E-state index contributed by atoms with van der Waals surface area (Å²) < 4.78 is 0.636. The molecule has 1 aliphatic heterocycles. The number of thioether (sulfide) groups is 1. The highest BCUT2D eigenvalue weighted by atomic mass is 32.2. The van der Waals surface area contributed by atoms with Crippen molar-refractivity contribution in [3.05, 3.63) is 0 Å². The highest BCUT2D eigenvalue weighted by Crippen LogP contribution is 2.26. The van der Waals surface area contributed by atoms with Crippen LogP contribution in [0.5, 0.6) is 0 Å². The number of carboxylic acids is 1. The Balaban J connectivity index is 2.20. The summed E-state index contributed by atoms with van der Waals surface area (Å²) in [6.45, 7) is 2.44. The van der Waals surface area contributed by atoms with Crippen LogP contribution in [0.1, 0.15) is 32.6 Å². The van der Waals surface area contributed by atoms with E-state index < -0.39 is 5.97 Å². The van der Waals surface area contributed by atoms with Crippen LogP contribution in [0.15, 0.2) is 0 Å². The third-order valence-electron chi connectivity index (χ3n) is 2.37. The maximum absolute atomic E-state index is 11.6. The van der Waals surface area contributed by atoms with E-state index in [0.717, 1.165) is 12.8 Å². The fourth-order valence-corrected chi connectivity index (χ4v) is 2.95. The molecule has 0 saturated carbocycles. The van der Waals surface area contributed by atoms with Gasteiger partial charge in [-0.3, -0.25) is 9.69 Å². The van der Waals surface area contributed by atoms with Crippen LogP contribution < -0.4 is 5.11 Å². The summed E-state index contributed by atoms with van der Waals surface area (Å²) in [6, 6.07) is 0. The molecule has 1 amide bonds. The van der Waals surface area contributed by atoms with E-state index in [1.165, 1.54) is 11.8 Å². The normalized spacial score (nSPS) is 20.6. The molecule has 0 N–H and O–H groups in total. The lowest BCUT2D eigenvalue weighted by Crippen LogP contribution is -2.31. The number of carbonyl (C=O) groups is 2. The summed E-state index contributed by atoms with van der Waals surface area (Å²) >= 11 is 6.49. The predicted octanol–water partition coefficient (Wildman–Crippen LogP) is 0.545. The van der Waals surface area contributed by atoms with E-state index in [1.54, 1.807) is 4.90 Å². The summed E-state index contributed by atoms with van der Waals surface area (Å²) in [5.41, 5.74) is 0. The van der Waals surface area contributed by atoms with Crippen molar-refractivity contribution in [3.63, 3.8) is 0 Å². The zero-order chi connectivity index (χ0) is 12.1. The number of hydrogen-bond acceptors (Lipinski definition) is 5. The van der Waals surface area contributed by atoms with Crippen molar-refractivity contribution in [2.45, 2.75) is 37.9 Å². The number of unbranched alkanes of at least 4 members (excludes halogenated alkanes) is 2. The Morgan fingerprint density at radius 3 is 2.69 bits per heavy atom. The van der Waals surface area contributed by atoms with Crippen molar-refractivity contribution in [1.29, 1.82) is 0 Å². The maximum Gasteiger partial charge on any atom is 0.241 e. The van der Waals surface area contributed by atoms with E-state index in [4.69, 9.17) is 12.2 Å². The van der Waals surface area contributed by atoms with Crippen LogP contribution in [-0.2, 0) is 9.59 Å². The highest BCUT2D eigenvalue weighted by molar-refractivity contribution is 8.24. The standard InChI is InChI=1S/C10H15NO3S2/c1-7-9(14)11(10(15)16-7)6-4-2-3-5-8(12)13/h7H,2-6H2,1H3,(H,12,13)/p-1/t7-/m0/s1. The van der Waals surface area contributed by atoms with Crippen LogP contribution in [0.3, 0.4) is 0 Å². The number of amides is 1. The Kier molecular flexibility index (Phi) is 5.21. The zero-order valence-electron chi connectivity index (χ0n) is 9.10. The predicted molar refractivity (Wildman–Crippen MR) is 64.8 cm³/mol. The van der Waals surface area contributed by atoms with E-state index >= 15 is 0 Å². The van der Waals surface area contributed by atoms with Gasteiger partial charge in [0.15, 0.2) is 0 Å². The molecule has 0 unspecified atom stereocenters. The number of carboxylic acid groups (broad SMARTS) is 1. The Labute approximate surface area is 104 Å². The van der Waals surface area contributed by atoms with Gasteiger partial charge in [-0.05, 0) is 26.2 Å². The summed E-state index contributed by atoms with van der Waals surface area (Å²) in [4.78, 5) is 23.4. The van der Waals surface area contributed by atoms with Gasteiger partial charge in [0.1, 0.15) is 4.32 Å². The first kappa shape index (κ1) is 13.4. The minimum atomic E-state index is -1.02. The van der Waals surface area contributed by atoms with Gasteiger partial charge >= 0.3 is 0 Å². The van der Waals surface area contributed by atoms with Gasteiger partial charge in [0.2, 0.25) is 5.91 Å². The first-order valence-corrected chi connectivity index (χ1v) is 6.53. The first-order valence-electron chi connectivity index (χ1n) is 5.24. The van der Waals surface area contributed by atoms with E-state index in [-0.39, 0.29) is 17.6 Å². The Bertz CT molecular complexity index is 306. The van der Waals surface area contributed by atoms with Gasteiger partial charge in [-0.15, -0.1) is 0 Å². The van der Waals surface area contributed by atoms with Crippen LogP contribution in [0.4, 0.5) is 0 Å². The molecular weight excluding hydrogens is 246 g/mol. The third kappa shape index (κ3) is 3.75. The molecule has 0 aromatic rings. The second-order valence-corrected chi connectivity index (χ2v) is 5.67. The third-order valence-corrected chi connectivity index (χ3v) is 3.86. The van der Waals surface area contributed by atoms with Crippen LogP contribution in [0.2, 0.25) is 0 Å². The number of carbonyl (C=O) groups excluding carboxylic acids is 2. The fourth-order valence-electron chi connectivity index (χ4n) is 1.49. The number of aliphatic carboxylic acids is 1. The SMILES string of the molecule is C[C@@H]1SC(=S)N(CCCCCC(=O)[O-])C1=O.